The molecule has 0 aliphatic heterocycles. The molecule has 18 heavy (non-hydrogen) atoms. The first-order chi connectivity index (χ1) is 8.49. The van der Waals surface area contributed by atoms with Crippen LogP contribution in [0.5, 0.6) is 0 Å². The van der Waals surface area contributed by atoms with Crippen LogP contribution in [0.1, 0.15) is 0 Å². The molecule has 1 N–H and O–H groups in total. The van der Waals surface area contributed by atoms with Crippen LogP contribution in [-0.2, 0) is 10.0 Å². The van der Waals surface area contributed by atoms with Crippen molar-refractivity contribution < 1.29 is 8.42 Å². The van der Waals surface area contributed by atoms with E-state index in [1.54, 1.807) is 6.07 Å². The first kappa shape index (κ1) is 13.3. The molecule has 0 bridgehead atoms. The van der Waals surface area contributed by atoms with Crippen molar-refractivity contribution >= 4 is 43.2 Å². The standard InChI is InChI=1S/C10H7BrClN3O2S/c11-8-6-13-3-2-9(8)15-18(16,17)7-1-4-14-10(12)5-7/h1-6H,(H,13,15). The molecule has 0 spiro atoms. The Hall–Kier alpha value is -1.18. The van der Waals surface area contributed by atoms with Gasteiger partial charge in [0.2, 0.25) is 0 Å². The van der Waals surface area contributed by atoms with Gasteiger partial charge >= 0.3 is 0 Å². The van der Waals surface area contributed by atoms with Gasteiger partial charge in [-0.3, -0.25) is 9.71 Å². The molecule has 94 valence electrons. The maximum atomic E-state index is 12.1. The van der Waals surface area contributed by atoms with Gasteiger partial charge in [0.15, 0.2) is 0 Å². The summed E-state index contributed by atoms with van der Waals surface area (Å²) in [5, 5.41) is 0.117. The molecule has 8 heteroatoms. The van der Waals surface area contributed by atoms with Gasteiger partial charge in [-0.1, -0.05) is 11.6 Å². The van der Waals surface area contributed by atoms with Crippen LogP contribution in [0.4, 0.5) is 5.69 Å². The van der Waals surface area contributed by atoms with Gasteiger partial charge in [0, 0.05) is 18.6 Å². The zero-order valence-electron chi connectivity index (χ0n) is 8.84. The smallest absolute Gasteiger partial charge is 0.262 e. The topological polar surface area (TPSA) is 72.0 Å². The number of halogens is 2. The summed E-state index contributed by atoms with van der Waals surface area (Å²) < 4.78 is 27.1. The number of pyridine rings is 2. The Morgan fingerprint density at radius 3 is 2.72 bits per heavy atom. The Morgan fingerprint density at radius 1 is 1.28 bits per heavy atom. The third-order valence-corrected chi connectivity index (χ3v) is 4.23. The summed E-state index contributed by atoms with van der Waals surface area (Å²) >= 11 is 8.87. The molecule has 0 radical (unpaired) electrons. The fraction of sp³-hybridized carbons (Fsp3) is 0. The summed E-state index contributed by atoms with van der Waals surface area (Å²) in [6, 6.07) is 4.19. The summed E-state index contributed by atoms with van der Waals surface area (Å²) in [5.41, 5.74) is 0.401. The normalized spacial score (nSPS) is 11.2. The van der Waals surface area contributed by atoms with Crippen LogP contribution in [0.15, 0.2) is 46.2 Å². The van der Waals surface area contributed by atoms with E-state index < -0.39 is 10.0 Å². The van der Waals surface area contributed by atoms with Crippen LogP contribution >= 0.6 is 27.5 Å². The molecule has 0 atom stereocenters. The molecular formula is C10H7BrClN3O2S. The Labute approximate surface area is 117 Å². The van der Waals surface area contributed by atoms with Gasteiger partial charge < -0.3 is 0 Å². The maximum Gasteiger partial charge on any atom is 0.262 e. The van der Waals surface area contributed by atoms with Crippen LogP contribution in [0.25, 0.3) is 0 Å². The average molecular weight is 349 g/mol. The van der Waals surface area contributed by atoms with Crippen molar-refractivity contribution in [3.8, 4) is 0 Å². The predicted molar refractivity (Wildman–Crippen MR) is 72.0 cm³/mol. The van der Waals surface area contributed by atoms with Crippen LogP contribution < -0.4 is 4.72 Å². The summed E-state index contributed by atoms with van der Waals surface area (Å²) in [6.07, 6.45) is 4.32. The third-order valence-electron chi connectivity index (χ3n) is 2.03. The molecule has 0 saturated heterocycles. The monoisotopic (exact) mass is 347 g/mol. The van der Waals surface area contributed by atoms with Gasteiger partial charge in [-0.05, 0) is 34.1 Å². The SMILES string of the molecule is O=S(=O)(Nc1ccncc1Br)c1ccnc(Cl)c1. The highest BCUT2D eigenvalue weighted by Crippen LogP contribution is 2.23. The molecule has 2 heterocycles. The van der Waals surface area contributed by atoms with Crippen molar-refractivity contribution in [2.24, 2.45) is 0 Å². The fourth-order valence-corrected chi connectivity index (χ4v) is 3.02. The van der Waals surface area contributed by atoms with E-state index in [4.69, 9.17) is 11.6 Å². The lowest BCUT2D eigenvalue weighted by atomic mass is 10.4. The molecule has 0 amide bonds. The van der Waals surface area contributed by atoms with Gasteiger partial charge in [-0.2, -0.15) is 0 Å². The van der Waals surface area contributed by atoms with Crippen LogP contribution in [0, 0.1) is 0 Å². The molecular weight excluding hydrogens is 342 g/mol. The highest BCUT2D eigenvalue weighted by molar-refractivity contribution is 9.10. The largest absolute Gasteiger partial charge is 0.278 e. The van der Waals surface area contributed by atoms with Crippen LogP contribution in [-0.4, -0.2) is 18.4 Å². The van der Waals surface area contributed by atoms with Crippen molar-refractivity contribution in [3.05, 3.63) is 46.4 Å². The van der Waals surface area contributed by atoms with E-state index >= 15 is 0 Å². The first-order valence-corrected chi connectivity index (χ1v) is 7.38. The summed E-state index contributed by atoms with van der Waals surface area (Å²) in [4.78, 5) is 7.63. The number of hydrogen-bond donors (Lipinski definition) is 1. The molecule has 0 aromatic carbocycles. The van der Waals surface area contributed by atoms with Crippen molar-refractivity contribution in [1.29, 1.82) is 0 Å². The number of sulfonamides is 1. The third kappa shape index (κ3) is 2.98. The fourth-order valence-electron chi connectivity index (χ4n) is 1.21. The number of nitrogens with one attached hydrogen (secondary N) is 1. The van der Waals surface area contributed by atoms with Gasteiger partial charge in [-0.15, -0.1) is 0 Å². The van der Waals surface area contributed by atoms with Crippen LogP contribution in [0.3, 0.4) is 0 Å². The number of nitrogens with zero attached hydrogens (tertiary/aromatic N) is 2. The Balaban J connectivity index is 2.37. The minimum Gasteiger partial charge on any atom is -0.278 e. The van der Waals surface area contributed by atoms with Crippen molar-refractivity contribution in [3.63, 3.8) is 0 Å². The minimum absolute atomic E-state index is 0.0474. The van der Waals surface area contributed by atoms with Gasteiger partial charge in [0.25, 0.3) is 10.0 Å². The summed E-state index contributed by atoms with van der Waals surface area (Å²) in [7, 11) is -3.69. The minimum atomic E-state index is -3.69. The molecule has 2 rings (SSSR count). The van der Waals surface area contributed by atoms with Gasteiger partial charge in [0.1, 0.15) is 5.15 Å². The Kier molecular flexibility index (Phi) is 3.84. The number of rotatable bonds is 3. The van der Waals surface area contributed by atoms with E-state index in [2.05, 4.69) is 30.6 Å². The van der Waals surface area contributed by atoms with Gasteiger partial charge in [-0.25, -0.2) is 13.4 Å². The summed E-state index contributed by atoms with van der Waals surface area (Å²) in [5.74, 6) is 0. The average Bonchev–Trinajstić information content (AvgIpc) is 2.32. The second-order valence-electron chi connectivity index (χ2n) is 3.28. The van der Waals surface area contributed by atoms with E-state index in [0.717, 1.165) is 0 Å². The lowest BCUT2D eigenvalue weighted by molar-refractivity contribution is 0.601. The lowest BCUT2D eigenvalue weighted by Gasteiger charge is -2.09. The van der Waals surface area contributed by atoms with Crippen molar-refractivity contribution in [2.45, 2.75) is 4.90 Å². The number of hydrogen-bond acceptors (Lipinski definition) is 4. The molecule has 0 fully saturated rings. The molecule has 0 unspecified atom stereocenters. The lowest BCUT2D eigenvalue weighted by Crippen LogP contribution is -2.13. The van der Waals surface area contributed by atoms with E-state index in [1.807, 2.05) is 0 Å². The summed E-state index contributed by atoms with van der Waals surface area (Å²) in [6.45, 7) is 0. The number of anilines is 1. The highest BCUT2D eigenvalue weighted by atomic mass is 79.9. The predicted octanol–water partition coefficient (Wildman–Crippen LogP) is 2.69. The van der Waals surface area contributed by atoms with E-state index in [1.165, 1.54) is 30.7 Å². The van der Waals surface area contributed by atoms with Gasteiger partial charge in [0.05, 0.1) is 15.1 Å². The van der Waals surface area contributed by atoms with Crippen molar-refractivity contribution in [2.75, 3.05) is 4.72 Å². The van der Waals surface area contributed by atoms with E-state index in [9.17, 15) is 8.42 Å². The molecule has 5 nitrogen and oxygen atoms in total. The quantitative estimate of drug-likeness (QED) is 0.866. The first-order valence-electron chi connectivity index (χ1n) is 4.73. The second kappa shape index (κ2) is 5.21. The highest BCUT2D eigenvalue weighted by Gasteiger charge is 2.16. The maximum absolute atomic E-state index is 12.1. The molecule has 0 saturated carbocycles. The van der Waals surface area contributed by atoms with Crippen LogP contribution in [0.2, 0.25) is 5.15 Å². The Bertz CT molecular complexity index is 678. The molecule has 0 aliphatic carbocycles. The zero-order chi connectivity index (χ0) is 13.2. The van der Waals surface area contributed by atoms with Crippen molar-refractivity contribution in [1.82, 2.24) is 9.97 Å². The Morgan fingerprint density at radius 2 is 2.06 bits per heavy atom. The zero-order valence-corrected chi connectivity index (χ0v) is 12.0. The molecule has 2 aromatic rings. The van der Waals surface area contributed by atoms with E-state index in [0.29, 0.717) is 10.2 Å². The van der Waals surface area contributed by atoms with E-state index in [-0.39, 0.29) is 10.0 Å². The number of aromatic nitrogens is 2. The molecule has 2 aromatic heterocycles. The second-order valence-corrected chi connectivity index (χ2v) is 6.20. The molecule has 0 aliphatic rings.